The summed E-state index contributed by atoms with van der Waals surface area (Å²) in [4.78, 5) is 24.4. The van der Waals surface area contributed by atoms with Crippen LogP contribution in [0.3, 0.4) is 0 Å². The van der Waals surface area contributed by atoms with E-state index in [2.05, 4.69) is 0 Å². The lowest BCUT2D eigenvalue weighted by atomic mass is 10.1. The van der Waals surface area contributed by atoms with Gasteiger partial charge < -0.3 is 15.7 Å². The van der Waals surface area contributed by atoms with Gasteiger partial charge in [-0.05, 0) is 11.1 Å². The maximum Gasteiger partial charge on any atom is 0.223 e. The van der Waals surface area contributed by atoms with Crippen LogP contribution in [0.25, 0.3) is 0 Å². The maximum atomic E-state index is 11.7. The lowest BCUT2D eigenvalue weighted by molar-refractivity contribution is -0.128. The van der Waals surface area contributed by atoms with Crippen LogP contribution in [-0.2, 0) is 22.7 Å². The molecule has 1 aliphatic rings. The van der Waals surface area contributed by atoms with Gasteiger partial charge in [0.25, 0.3) is 0 Å². The average Bonchev–Trinajstić information content (AvgIpc) is 2.72. The van der Waals surface area contributed by atoms with E-state index in [4.69, 9.17) is 5.73 Å². The number of hydrogen-bond acceptors (Lipinski definition) is 3. The summed E-state index contributed by atoms with van der Waals surface area (Å²) in [5, 5.41) is 9.22. The first-order valence-corrected chi connectivity index (χ1v) is 5.86. The number of carbonyl (C=O) groups is 2. The van der Waals surface area contributed by atoms with E-state index in [1.165, 1.54) is 0 Å². The van der Waals surface area contributed by atoms with Gasteiger partial charge in [0.05, 0.1) is 12.5 Å². The normalized spacial score (nSPS) is 19.3. The second-order valence-electron chi connectivity index (χ2n) is 4.50. The fourth-order valence-corrected chi connectivity index (χ4v) is 2.19. The Morgan fingerprint density at radius 1 is 1.39 bits per heavy atom. The Hall–Kier alpha value is -1.88. The molecule has 2 rings (SSSR count). The van der Waals surface area contributed by atoms with Gasteiger partial charge in [0, 0.05) is 19.5 Å². The van der Waals surface area contributed by atoms with Crippen molar-refractivity contribution in [2.24, 2.45) is 11.7 Å². The highest BCUT2D eigenvalue weighted by Crippen LogP contribution is 2.21. The van der Waals surface area contributed by atoms with E-state index in [9.17, 15) is 14.7 Å². The van der Waals surface area contributed by atoms with Gasteiger partial charge in [-0.3, -0.25) is 9.59 Å². The number of amides is 2. The number of hydrogen-bond donors (Lipinski definition) is 2. The van der Waals surface area contributed by atoms with Gasteiger partial charge >= 0.3 is 0 Å². The number of nitrogens with zero attached hydrogens (tertiary/aromatic N) is 1. The van der Waals surface area contributed by atoms with Gasteiger partial charge in [0.15, 0.2) is 0 Å². The lowest BCUT2D eigenvalue weighted by Crippen LogP contribution is -2.28. The van der Waals surface area contributed by atoms with Gasteiger partial charge in [-0.2, -0.15) is 0 Å². The van der Waals surface area contributed by atoms with Gasteiger partial charge in [-0.15, -0.1) is 0 Å². The van der Waals surface area contributed by atoms with Crippen LogP contribution in [0.2, 0.25) is 0 Å². The second kappa shape index (κ2) is 5.18. The highest BCUT2D eigenvalue weighted by molar-refractivity contribution is 5.88. The Bertz CT molecular complexity index is 473. The predicted molar refractivity (Wildman–Crippen MR) is 65.1 cm³/mol. The van der Waals surface area contributed by atoms with E-state index >= 15 is 0 Å². The third-order valence-electron chi connectivity index (χ3n) is 3.27. The molecule has 1 aromatic carbocycles. The van der Waals surface area contributed by atoms with Crippen molar-refractivity contribution >= 4 is 11.8 Å². The van der Waals surface area contributed by atoms with E-state index in [1.54, 1.807) is 4.90 Å². The van der Waals surface area contributed by atoms with Crippen LogP contribution in [0.4, 0.5) is 0 Å². The third-order valence-corrected chi connectivity index (χ3v) is 3.27. The molecule has 1 heterocycles. The number of carbonyl (C=O) groups excluding carboxylic acids is 2. The van der Waals surface area contributed by atoms with Crippen LogP contribution >= 0.6 is 0 Å². The van der Waals surface area contributed by atoms with E-state index in [-0.39, 0.29) is 18.9 Å². The molecule has 5 nitrogen and oxygen atoms in total. The summed E-state index contributed by atoms with van der Waals surface area (Å²) in [6.45, 7) is 0.727. The summed E-state index contributed by atoms with van der Waals surface area (Å²) < 4.78 is 0. The van der Waals surface area contributed by atoms with Crippen molar-refractivity contribution in [3.8, 4) is 0 Å². The first-order chi connectivity index (χ1) is 8.61. The molecular formula is C13H16N2O3. The summed E-state index contributed by atoms with van der Waals surface area (Å²) in [5.41, 5.74) is 6.91. The van der Waals surface area contributed by atoms with E-state index in [0.29, 0.717) is 13.1 Å². The Morgan fingerprint density at radius 3 is 2.61 bits per heavy atom. The summed E-state index contributed by atoms with van der Waals surface area (Å²) in [5.74, 6) is -0.883. The number of likely N-dealkylation sites (tertiary alicyclic amines) is 1. The van der Waals surface area contributed by atoms with Gasteiger partial charge in [-0.25, -0.2) is 0 Å². The minimum atomic E-state index is -0.429. The standard InChI is InChI=1S/C13H16N2O3/c14-13(18)11-5-12(17)15(7-11)6-9-3-1-2-4-10(9)8-16/h1-4,11,16H,5-8H2,(H2,14,18). The molecular weight excluding hydrogens is 232 g/mol. The number of primary amides is 1. The number of aliphatic hydroxyl groups is 1. The Morgan fingerprint density at radius 2 is 2.06 bits per heavy atom. The molecule has 1 unspecified atom stereocenters. The zero-order valence-corrected chi connectivity index (χ0v) is 10.0. The fourth-order valence-electron chi connectivity index (χ4n) is 2.19. The molecule has 0 aliphatic carbocycles. The van der Waals surface area contributed by atoms with Crippen LogP contribution < -0.4 is 5.73 Å². The largest absolute Gasteiger partial charge is 0.392 e. The molecule has 0 bridgehead atoms. The quantitative estimate of drug-likeness (QED) is 0.787. The van der Waals surface area contributed by atoms with E-state index in [0.717, 1.165) is 11.1 Å². The Balaban J connectivity index is 2.10. The van der Waals surface area contributed by atoms with Crippen molar-refractivity contribution < 1.29 is 14.7 Å². The number of aliphatic hydroxyl groups excluding tert-OH is 1. The molecule has 1 fully saturated rings. The van der Waals surface area contributed by atoms with E-state index < -0.39 is 11.8 Å². The topological polar surface area (TPSA) is 83.6 Å². The van der Waals surface area contributed by atoms with Crippen LogP contribution in [0.5, 0.6) is 0 Å². The van der Waals surface area contributed by atoms with Crippen LogP contribution in [0.15, 0.2) is 24.3 Å². The molecule has 0 saturated carbocycles. The predicted octanol–water partition coefficient (Wildman–Crippen LogP) is 0.0127. The Kier molecular flexibility index (Phi) is 3.62. The molecule has 2 amide bonds. The molecule has 5 heteroatoms. The zero-order chi connectivity index (χ0) is 13.1. The smallest absolute Gasteiger partial charge is 0.223 e. The highest BCUT2D eigenvalue weighted by atomic mass is 16.3. The van der Waals surface area contributed by atoms with Gasteiger partial charge in [-0.1, -0.05) is 24.3 Å². The molecule has 1 aliphatic heterocycles. The van der Waals surface area contributed by atoms with Crippen molar-refractivity contribution in [1.82, 2.24) is 4.90 Å². The summed E-state index contributed by atoms with van der Waals surface area (Å²) in [6, 6.07) is 7.39. The number of benzene rings is 1. The summed E-state index contributed by atoms with van der Waals surface area (Å²) in [7, 11) is 0. The molecule has 3 N–H and O–H groups in total. The molecule has 96 valence electrons. The average molecular weight is 248 g/mol. The van der Waals surface area contributed by atoms with Crippen LogP contribution in [0.1, 0.15) is 17.5 Å². The Labute approximate surface area is 105 Å². The number of nitrogens with two attached hydrogens (primary N) is 1. The zero-order valence-electron chi connectivity index (χ0n) is 10.0. The van der Waals surface area contributed by atoms with Crippen molar-refractivity contribution in [3.63, 3.8) is 0 Å². The van der Waals surface area contributed by atoms with Crippen molar-refractivity contribution in [3.05, 3.63) is 35.4 Å². The molecule has 18 heavy (non-hydrogen) atoms. The van der Waals surface area contributed by atoms with E-state index in [1.807, 2.05) is 24.3 Å². The lowest BCUT2D eigenvalue weighted by Gasteiger charge is -2.18. The molecule has 1 atom stereocenters. The SMILES string of the molecule is NC(=O)C1CC(=O)N(Cc2ccccc2CO)C1. The highest BCUT2D eigenvalue weighted by Gasteiger charge is 2.33. The maximum absolute atomic E-state index is 11.7. The number of rotatable bonds is 4. The molecule has 1 saturated heterocycles. The van der Waals surface area contributed by atoms with Crippen LogP contribution in [-0.4, -0.2) is 28.4 Å². The second-order valence-corrected chi connectivity index (χ2v) is 4.50. The third kappa shape index (κ3) is 2.51. The summed E-state index contributed by atoms with van der Waals surface area (Å²) in [6.07, 6.45) is 0.191. The fraction of sp³-hybridized carbons (Fsp3) is 0.385. The molecule has 0 spiro atoms. The molecule has 0 aromatic heterocycles. The van der Waals surface area contributed by atoms with Crippen molar-refractivity contribution in [1.29, 1.82) is 0 Å². The van der Waals surface area contributed by atoms with Gasteiger partial charge in [0.2, 0.25) is 11.8 Å². The molecule has 0 radical (unpaired) electrons. The van der Waals surface area contributed by atoms with Crippen molar-refractivity contribution in [2.75, 3.05) is 6.54 Å². The molecule has 1 aromatic rings. The summed E-state index contributed by atoms with van der Waals surface area (Å²) >= 11 is 0. The minimum Gasteiger partial charge on any atom is -0.392 e. The first-order valence-electron chi connectivity index (χ1n) is 5.86. The van der Waals surface area contributed by atoms with Crippen molar-refractivity contribution in [2.45, 2.75) is 19.6 Å². The first kappa shape index (κ1) is 12.6. The monoisotopic (exact) mass is 248 g/mol. The minimum absolute atomic E-state index is 0.0581. The van der Waals surface area contributed by atoms with Gasteiger partial charge in [0.1, 0.15) is 0 Å². The van der Waals surface area contributed by atoms with Crippen LogP contribution in [0, 0.1) is 5.92 Å².